The molecule has 3 aliphatic rings. The summed E-state index contributed by atoms with van der Waals surface area (Å²) in [6, 6.07) is 15.0. The molecule has 49 heavy (non-hydrogen) atoms. The van der Waals surface area contributed by atoms with Crippen molar-refractivity contribution < 1.29 is 28.6 Å². The van der Waals surface area contributed by atoms with Crippen molar-refractivity contribution >= 4 is 28.9 Å². The van der Waals surface area contributed by atoms with Gasteiger partial charge in [0.2, 0.25) is 5.91 Å². The van der Waals surface area contributed by atoms with Crippen LogP contribution in [0, 0.1) is 23.7 Å². The van der Waals surface area contributed by atoms with Gasteiger partial charge in [-0.2, -0.15) is 0 Å². The predicted molar refractivity (Wildman–Crippen MR) is 189 cm³/mol. The normalized spacial score (nSPS) is 21.9. The number of alkyl carbamates (subject to hydrolysis) is 1. The third kappa shape index (κ3) is 8.78. The van der Waals surface area contributed by atoms with Crippen molar-refractivity contribution in [3.8, 4) is 5.75 Å². The third-order valence-electron chi connectivity index (χ3n) is 9.78. The molecule has 0 aliphatic carbocycles. The zero-order valence-corrected chi connectivity index (χ0v) is 29.3. The number of carbonyl (C=O) groups is 3. The number of carbonyl (C=O) groups excluding carboxylic acids is 3. The van der Waals surface area contributed by atoms with E-state index in [1.54, 1.807) is 13.3 Å². The summed E-state index contributed by atoms with van der Waals surface area (Å²) in [5.74, 6) is 0.339. The second kappa shape index (κ2) is 16.3. The summed E-state index contributed by atoms with van der Waals surface area (Å²) >= 11 is 0. The number of rotatable bonds is 14. The number of aromatic nitrogens is 1. The highest BCUT2D eigenvalue weighted by atomic mass is 16.6. The maximum absolute atomic E-state index is 14.3. The van der Waals surface area contributed by atoms with Gasteiger partial charge < -0.3 is 24.8 Å². The van der Waals surface area contributed by atoms with Crippen LogP contribution in [0.15, 0.2) is 73.4 Å². The molecule has 7 atom stereocenters. The predicted octanol–water partition coefficient (Wildman–Crippen LogP) is 6.21. The van der Waals surface area contributed by atoms with Crippen molar-refractivity contribution in [1.82, 2.24) is 20.5 Å². The zero-order chi connectivity index (χ0) is 35.1. The average molecular weight is 671 g/mol. The van der Waals surface area contributed by atoms with Crippen molar-refractivity contribution in [3.05, 3.63) is 84.6 Å². The number of hydrogen-bond acceptors (Lipinski definition) is 8. The monoisotopic (exact) mass is 670 g/mol. The largest absolute Gasteiger partial charge is 0.497 e. The molecule has 1 unspecified atom stereocenters. The number of pyridine rings is 1. The van der Waals surface area contributed by atoms with Crippen molar-refractivity contribution in [2.45, 2.75) is 77.8 Å². The Labute approximate surface area is 289 Å². The van der Waals surface area contributed by atoms with E-state index in [0.29, 0.717) is 24.0 Å². The SMILES string of the molecule is C=C[C@H]1CN2CC[C@H]1C[C@H]2[C@H](OC(=O)[C@H](CC(C)C)NC(=O)[C@@H](NC(=O)OCc1ccccc1)C(C)C)c1ccnc2ccc(OC)cc12. The number of benzene rings is 2. The van der Waals surface area contributed by atoms with E-state index in [1.165, 1.54) is 0 Å². The summed E-state index contributed by atoms with van der Waals surface area (Å²) in [6.07, 6.45) is 4.76. The Morgan fingerprint density at radius 3 is 2.49 bits per heavy atom. The van der Waals surface area contributed by atoms with E-state index < -0.39 is 36.2 Å². The van der Waals surface area contributed by atoms with E-state index in [0.717, 1.165) is 48.0 Å². The zero-order valence-electron chi connectivity index (χ0n) is 29.3. The standard InChI is InChI=1S/C39H50N4O6/c1-7-27-22-43-18-16-28(27)20-34(43)36(30-15-17-40-32-14-13-29(47-6)21-31(30)32)49-38(45)33(19-24(2)3)41-37(44)35(25(4)5)42-39(46)48-23-26-11-9-8-10-12-26/h7-15,17,21,24-25,27-28,33-36H,1,16,18-20,22-23H2,2-6H3,(H,41,44)(H,42,46)/t27-,28-,33-,34-,35-,36+/m0/s1. The first-order valence-corrected chi connectivity index (χ1v) is 17.3. The van der Waals surface area contributed by atoms with E-state index in [-0.39, 0.29) is 24.5 Å². The fourth-order valence-electron chi connectivity index (χ4n) is 7.14. The number of methoxy groups -OCH3 is 1. The van der Waals surface area contributed by atoms with Gasteiger partial charge in [-0.1, -0.05) is 64.1 Å². The highest BCUT2D eigenvalue weighted by Crippen LogP contribution is 2.44. The molecule has 1 aromatic heterocycles. The number of piperidine rings is 3. The van der Waals surface area contributed by atoms with Crippen LogP contribution in [0.2, 0.25) is 0 Å². The van der Waals surface area contributed by atoms with Gasteiger partial charge in [-0.05, 0) is 79.3 Å². The lowest BCUT2D eigenvalue weighted by Gasteiger charge is -2.51. The topological polar surface area (TPSA) is 119 Å². The Morgan fingerprint density at radius 1 is 1.06 bits per heavy atom. The molecular weight excluding hydrogens is 620 g/mol. The molecule has 2 aromatic carbocycles. The van der Waals surface area contributed by atoms with E-state index in [4.69, 9.17) is 14.2 Å². The second-order valence-electron chi connectivity index (χ2n) is 14.0. The van der Waals surface area contributed by atoms with E-state index >= 15 is 0 Å². The van der Waals surface area contributed by atoms with Gasteiger partial charge in [-0.3, -0.25) is 14.7 Å². The summed E-state index contributed by atoms with van der Waals surface area (Å²) < 4.78 is 17.5. The molecule has 2 amide bonds. The summed E-state index contributed by atoms with van der Waals surface area (Å²) in [7, 11) is 1.62. The molecule has 2 bridgehead atoms. The Morgan fingerprint density at radius 2 is 1.84 bits per heavy atom. The lowest BCUT2D eigenvalue weighted by Crippen LogP contribution is -2.56. The summed E-state index contributed by atoms with van der Waals surface area (Å²) in [5, 5.41) is 6.49. The molecule has 3 fully saturated rings. The van der Waals surface area contributed by atoms with Crippen molar-refractivity contribution in [1.29, 1.82) is 0 Å². The number of nitrogens with zero attached hydrogens (tertiary/aromatic N) is 2. The minimum Gasteiger partial charge on any atom is -0.497 e. The molecule has 3 saturated heterocycles. The van der Waals surface area contributed by atoms with E-state index in [2.05, 4.69) is 27.1 Å². The first-order chi connectivity index (χ1) is 23.6. The van der Waals surface area contributed by atoms with Crippen molar-refractivity contribution in [2.24, 2.45) is 23.7 Å². The molecule has 3 aliphatic heterocycles. The maximum Gasteiger partial charge on any atom is 0.408 e. The molecule has 0 spiro atoms. The van der Waals surface area contributed by atoms with Crippen LogP contribution < -0.4 is 15.4 Å². The molecule has 6 rings (SSSR count). The fourth-order valence-corrected chi connectivity index (χ4v) is 7.14. The molecule has 262 valence electrons. The highest BCUT2D eigenvalue weighted by molar-refractivity contribution is 5.90. The van der Waals surface area contributed by atoms with Gasteiger partial charge in [0, 0.05) is 23.7 Å². The molecule has 4 heterocycles. The summed E-state index contributed by atoms with van der Waals surface area (Å²) in [4.78, 5) is 47.7. The van der Waals surface area contributed by atoms with Gasteiger partial charge in [0.05, 0.1) is 18.7 Å². The highest BCUT2D eigenvalue weighted by Gasteiger charge is 2.45. The first kappa shape index (κ1) is 35.9. The van der Waals surface area contributed by atoms with Crippen LogP contribution >= 0.6 is 0 Å². The summed E-state index contributed by atoms with van der Waals surface area (Å²) in [5.41, 5.74) is 2.46. The minimum absolute atomic E-state index is 0.0597. The van der Waals surface area contributed by atoms with Crippen molar-refractivity contribution in [3.63, 3.8) is 0 Å². The van der Waals surface area contributed by atoms with E-state index in [1.807, 2.05) is 88.4 Å². The Kier molecular flexibility index (Phi) is 11.9. The molecule has 0 saturated carbocycles. The number of hydrogen-bond donors (Lipinski definition) is 2. The third-order valence-corrected chi connectivity index (χ3v) is 9.78. The molecule has 10 heteroatoms. The van der Waals surface area contributed by atoms with Crippen LogP contribution in [0.25, 0.3) is 10.9 Å². The fraction of sp³-hybridized carbons (Fsp3) is 0.487. The smallest absolute Gasteiger partial charge is 0.408 e. The Bertz CT molecular complexity index is 1610. The molecule has 3 aromatic rings. The van der Waals surface area contributed by atoms with Gasteiger partial charge in [-0.25, -0.2) is 9.59 Å². The summed E-state index contributed by atoms with van der Waals surface area (Å²) in [6.45, 7) is 13.6. The molecule has 10 nitrogen and oxygen atoms in total. The van der Waals surface area contributed by atoms with Crippen LogP contribution in [-0.4, -0.2) is 66.2 Å². The van der Waals surface area contributed by atoms with Gasteiger partial charge in [0.25, 0.3) is 0 Å². The minimum atomic E-state index is -0.933. The van der Waals surface area contributed by atoms with Gasteiger partial charge >= 0.3 is 12.1 Å². The number of amides is 2. The van der Waals surface area contributed by atoms with Crippen LogP contribution in [0.4, 0.5) is 4.79 Å². The van der Waals surface area contributed by atoms with Crippen molar-refractivity contribution in [2.75, 3.05) is 20.2 Å². The number of fused-ring (bicyclic) bond motifs is 4. The van der Waals surface area contributed by atoms with Crippen LogP contribution in [0.5, 0.6) is 5.75 Å². The van der Waals surface area contributed by atoms with Crippen LogP contribution in [-0.2, 0) is 25.7 Å². The molecule has 2 N–H and O–H groups in total. The lowest BCUT2D eigenvalue weighted by molar-refractivity contribution is -0.161. The van der Waals surface area contributed by atoms with Gasteiger partial charge in [-0.15, -0.1) is 6.58 Å². The van der Waals surface area contributed by atoms with Gasteiger partial charge in [0.15, 0.2) is 0 Å². The first-order valence-electron chi connectivity index (χ1n) is 17.3. The lowest BCUT2D eigenvalue weighted by atomic mass is 9.73. The Hall–Kier alpha value is -4.44. The average Bonchev–Trinajstić information content (AvgIpc) is 3.11. The molecular formula is C39H50N4O6. The maximum atomic E-state index is 14.3. The number of nitrogens with one attached hydrogen (secondary N) is 2. The number of esters is 1. The quantitative estimate of drug-likeness (QED) is 0.154. The molecule has 0 radical (unpaired) electrons. The van der Waals surface area contributed by atoms with E-state index in [9.17, 15) is 14.4 Å². The Balaban J connectivity index is 1.38. The van der Waals surface area contributed by atoms with Crippen LogP contribution in [0.1, 0.15) is 64.2 Å². The second-order valence-corrected chi connectivity index (χ2v) is 14.0. The van der Waals surface area contributed by atoms with Gasteiger partial charge in [0.1, 0.15) is 30.5 Å². The van der Waals surface area contributed by atoms with Crippen LogP contribution in [0.3, 0.4) is 0 Å². The number of ether oxygens (including phenoxy) is 3.